The maximum atomic E-state index is 15.1. The van der Waals surface area contributed by atoms with Gasteiger partial charge in [0.2, 0.25) is 17.7 Å². The van der Waals surface area contributed by atoms with Crippen molar-refractivity contribution < 1.29 is 42.2 Å². The van der Waals surface area contributed by atoms with E-state index in [2.05, 4.69) is 39.1 Å². The molecule has 0 saturated carbocycles. The van der Waals surface area contributed by atoms with Crippen molar-refractivity contribution in [1.82, 2.24) is 40.1 Å². The fraction of sp³-hybridized carbons (Fsp3) is 0.510. The third-order valence-corrected chi connectivity index (χ3v) is 16.1. The Morgan fingerprint density at radius 1 is 1.14 bits per heavy atom. The molecule has 4 aromatic rings. The van der Waals surface area contributed by atoms with Crippen LogP contribution in [0.4, 0.5) is 8.78 Å². The van der Waals surface area contributed by atoms with E-state index in [4.69, 9.17) is 19.4 Å². The first-order chi connectivity index (χ1) is 33.1. The lowest BCUT2D eigenvalue weighted by Crippen LogP contribution is -2.69. The van der Waals surface area contributed by atoms with Gasteiger partial charge in [0, 0.05) is 96.9 Å². The number of carbonyl (C=O) groups is 5. The second kappa shape index (κ2) is 19.6. The van der Waals surface area contributed by atoms with E-state index in [-0.39, 0.29) is 59.8 Å². The molecular formula is C51H61F2N8O7SSi. The second-order valence-electron chi connectivity index (χ2n) is 20.0. The van der Waals surface area contributed by atoms with Crippen molar-refractivity contribution in [2.75, 3.05) is 40.4 Å². The Morgan fingerprint density at radius 3 is 2.59 bits per heavy atom. The first-order valence-electron chi connectivity index (χ1n) is 23.8. The highest BCUT2D eigenvalue weighted by Gasteiger charge is 2.68. The summed E-state index contributed by atoms with van der Waals surface area (Å²) in [6.45, 7) is 16.4. The number of nitrogens with one attached hydrogen (secondary N) is 2. The standard InChI is InChI=1S/C51H61F2N8O7SSi/c1-10-40(62)59-25-39-50(26-59,69-39)47(65)58(8)42(28(3)4)45(63)56-51(70)23-32-20-31(44(52)53)22-37(55-32)30-16-17-38-34(21-30)35(43(60(38)11-2)33-14-12-18-54-41(33)29(5)67-9)24-49(6,7)27-68-46(64)36-15-13-19-61(57-36)48(51)66/h10,12,14,16-18,20-22,28-29,36,39,42,44,57H,1,11,13,15,19,23-27H2,2-9H3,(H,56,63)/t29-,36-,39+,42-,50+,51+/m0/s1. The van der Waals surface area contributed by atoms with E-state index in [1.807, 2.05) is 51.1 Å². The van der Waals surface area contributed by atoms with Crippen LogP contribution in [-0.4, -0.2) is 137 Å². The first kappa shape index (κ1) is 50.9. The number of esters is 1. The fourth-order valence-electron chi connectivity index (χ4n) is 10.4. The van der Waals surface area contributed by atoms with Crippen LogP contribution in [0, 0.1) is 11.3 Å². The number of pyridine rings is 2. The maximum absolute atomic E-state index is 15.1. The molecule has 1 aromatic carbocycles. The average Bonchev–Trinajstić information content (AvgIpc) is 3.77. The number of nitrogens with zero attached hydrogens (tertiary/aromatic N) is 6. The predicted octanol–water partition coefficient (Wildman–Crippen LogP) is 5.94. The fourth-order valence-corrected chi connectivity index (χ4v) is 12.2. The Labute approximate surface area is 414 Å². The number of hydrogen-bond donors (Lipinski definition) is 2. The summed E-state index contributed by atoms with van der Waals surface area (Å²) in [5.41, 5.74) is 7.21. The number of likely N-dealkylation sites (N-methyl/N-ethyl adjacent to an activating group) is 1. The molecule has 4 aliphatic heterocycles. The Bertz CT molecular complexity index is 2750. The van der Waals surface area contributed by atoms with E-state index in [0.29, 0.717) is 37.9 Å². The maximum Gasteiger partial charge on any atom is 0.324 e. The van der Waals surface area contributed by atoms with Crippen LogP contribution in [0.15, 0.2) is 61.3 Å². The summed E-state index contributed by atoms with van der Waals surface area (Å²) in [5.74, 6) is -3.07. The van der Waals surface area contributed by atoms with E-state index < -0.39 is 64.0 Å². The number of ether oxygens (including phenoxy) is 2. The van der Waals surface area contributed by atoms with Crippen LogP contribution < -0.4 is 10.7 Å². The lowest BCUT2D eigenvalue weighted by atomic mass is 9.84. The summed E-state index contributed by atoms with van der Waals surface area (Å²) < 4.78 is 43.3. The van der Waals surface area contributed by atoms with Crippen LogP contribution in [0.3, 0.4) is 0 Å². The minimum atomic E-state index is -2.93. The van der Waals surface area contributed by atoms with Gasteiger partial charge in [-0.25, -0.2) is 14.2 Å². The number of hydrogen-bond acceptors (Lipinski definition) is 11. The van der Waals surface area contributed by atoms with Crippen LogP contribution >= 0.6 is 11.8 Å². The number of amides is 4. The molecule has 4 aliphatic rings. The molecule has 371 valence electrons. The summed E-state index contributed by atoms with van der Waals surface area (Å²) in [7, 11) is 6.86. The first-order valence-corrected chi connectivity index (χ1v) is 25.1. The molecule has 0 unspecified atom stereocenters. The highest BCUT2D eigenvalue weighted by Crippen LogP contribution is 2.59. The number of thioether (sulfide) groups is 1. The van der Waals surface area contributed by atoms with Crippen LogP contribution in [-0.2, 0) is 52.8 Å². The summed E-state index contributed by atoms with van der Waals surface area (Å²) >= 11 is 1.45. The molecule has 6 atom stereocenters. The number of cyclic esters (lactones) is 1. The molecule has 7 heterocycles. The number of alkyl halides is 2. The van der Waals surface area contributed by atoms with Crippen molar-refractivity contribution in [3.05, 3.63) is 83.8 Å². The van der Waals surface area contributed by atoms with Crippen molar-refractivity contribution >= 4 is 62.5 Å². The molecule has 8 rings (SSSR count). The monoisotopic (exact) mass is 995 g/mol. The van der Waals surface area contributed by atoms with Gasteiger partial charge in [-0.3, -0.25) is 38.9 Å². The van der Waals surface area contributed by atoms with E-state index in [1.165, 1.54) is 46.9 Å². The Hall–Kier alpha value is -5.50. The normalized spacial score (nSPS) is 24.2. The highest BCUT2D eigenvalue weighted by molar-refractivity contribution is 8.09. The number of benzene rings is 1. The summed E-state index contributed by atoms with van der Waals surface area (Å²) in [6, 6.07) is 10.1. The van der Waals surface area contributed by atoms with Gasteiger partial charge in [-0.15, -0.1) is 11.8 Å². The van der Waals surface area contributed by atoms with Gasteiger partial charge in [-0.2, -0.15) is 0 Å². The lowest BCUT2D eigenvalue weighted by Gasteiger charge is -2.41. The van der Waals surface area contributed by atoms with Crippen molar-refractivity contribution in [2.45, 2.75) is 114 Å². The van der Waals surface area contributed by atoms with Gasteiger partial charge < -0.3 is 29.2 Å². The Balaban J connectivity index is 1.25. The number of rotatable bonds is 11. The Kier molecular flexibility index (Phi) is 14.2. The predicted molar refractivity (Wildman–Crippen MR) is 263 cm³/mol. The van der Waals surface area contributed by atoms with E-state index in [9.17, 15) is 19.2 Å². The minimum absolute atomic E-state index is 0.0235. The molecule has 2 N–H and O–H groups in total. The van der Waals surface area contributed by atoms with Gasteiger partial charge in [-0.05, 0) is 87.1 Å². The zero-order valence-electron chi connectivity index (χ0n) is 40.9. The molecule has 15 nitrogen and oxygen atoms in total. The van der Waals surface area contributed by atoms with Crippen molar-refractivity contribution in [1.29, 1.82) is 0 Å². The number of hydrazine groups is 1. The number of aryl methyl sites for hydroxylation is 1. The van der Waals surface area contributed by atoms with E-state index in [0.717, 1.165) is 33.4 Å². The molecule has 19 heteroatoms. The van der Waals surface area contributed by atoms with E-state index in [1.54, 1.807) is 32.1 Å². The zero-order valence-corrected chi connectivity index (χ0v) is 42.8. The topological polar surface area (TPSA) is 168 Å². The number of likely N-dealkylation sites (tertiary alicyclic amines) is 1. The van der Waals surface area contributed by atoms with Crippen molar-refractivity contribution in [3.63, 3.8) is 0 Å². The molecule has 3 saturated heterocycles. The number of halogens is 2. The van der Waals surface area contributed by atoms with Crippen LogP contribution in [0.1, 0.15) is 89.4 Å². The van der Waals surface area contributed by atoms with E-state index >= 15 is 13.6 Å². The lowest BCUT2D eigenvalue weighted by molar-refractivity contribution is -0.156. The zero-order chi connectivity index (χ0) is 50.6. The minimum Gasteiger partial charge on any atom is -0.464 e. The van der Waals surface area contributed by atoms with Gasteiger partial charge in [0.15, 0.2) is 0 Å². The smallest absolute Gasteiger partial charge is 0.324 e. The van der Waals surface area contributed by atoms with Gasteiger partial charge in [0.25, 0.3) is 12.3 Å². The molecule has 3 fully saturated rings. The molecule has 70 heavy (non-hydrogen) atoms. The molecule has 3 radical (unpaired) electrons. The number of methoxy groups -OCH3 is 1. The van der Waals surface area contributed by atoms with Crippen LogP contribution in [0.2, 0.25) is 0 Å². The molecule has 4 amide bonds. The third-order valence-electron chi connectivity index (χ3n) is 14.0. The summed E-state index contributed by atoms with van der Waals surface area (Å²) in [6.07, 6.45) is 0.430. The largest absolute Gasteiger partial charge is 0.464 e. The van der Waals surface area contributed by atoms with Gasteiger partial charge >= 0.3 is 5.97 Å². The molecule has 6 bridgehead atoms. The summed E-state index contributed by atoms with van der Waals surface area (Å²) in [5, 5.41) is 2.78. The SMILES string of the molecule is C=CC(=O)N1C[C@H]2S[C@]2(C(=O)N(C)[C@H](C(=O)N[C@@]2([Si])Cc3cc(C(F)F)cc(n3)-c3ccc4c(c3)c(c(-c3cccnc3[C@H](C)OC)n4CC)CC(C)(C)COC(=O)[C@@H]3CCCN(N3)C2=O)C(C)C)C1. The summed E-state index contributed by atoms with van der Waals surface area (Å²) in [4.78, 5) is 83.4. The van der Waals surface area contributed by atoms with Crippen molar-refractivity contribution in [2.24, 2.45) is 11.3 Å². The number of aromatic nitrogens is 3. The van der Waals surface area contributed by atoms with Gasteiger partial charge in [0.1, 0.15) is 22.0 Å². The molecule has 3 aromatic heterocycles. The van der Waals surface area contributed by atoms with Crippen molar-refractivity contribution in [3.8, 4) is 22.5 Å². The third kappa shape index (κ3) is 9.53. The van der Waals surface area contributed by atoms with Gasteiger partial charge in [0.05, 0.1) is 40.0 Å². The highest BCUT2D eigenvalue weighted by atomic mass is 32.2. The second-order valence-corrected chi connectivity index (χ2v) is 22.4. The quantitative estimate of drug-likeness (QED) is 0.0790. The molecular weight excluding hydrogens is 935 g/mol. The Morgan fingerprint density at radius 2 is 1.90 bits per heavy atom. The molecule has 0 aliphatic carbocycles. The number of fused-ring (bicyclic) bond motifs is 7. The molecule has 0 spiro atoms. The number of carbonyl (C=O) groups excluding carboxylic acids is 5. The average molecular weight is 996 g/mol. The van der Waals surface area contributed by atoms with Crippen LogP contribution in [0.25, 0.3) is 33.4 Å². The van der Waals surface area contributed by atoms with Gasteiger partial charge in [-0.1, -0.05) is 40.3 Å². The van der Waals surface area contributed by atoms with Crippen LogP contribution in [0.5, 0.6) is 0 Å².